The molecule has 0 bridgehead atoms. The first-order chi connectivity index (χ1) is 3.89. The van der Waals surface area contributed by atoms with Crippen LogP contribution in [0.1, 0.15) is 5.76 Å². The Balaban J connectivity index is 0.000000222. The van der Waals surface area contributed by atoms with E-state index in [1.54, 1.807) is 12.3 Å². The Morgan fingerprint density at radius 1 is 1.62 bits per heavy atom. The topological polar surface area (TPSA) is 26.0 Å². The molecule has 0 aliphatic heterocycles. The molecule has 8 heavy (non-hydrogen) atoms. The molecule has 1 heterocycles. The molecular weight excluding hydrogens is 102 g/mol. The van der Waals surface area contributed by atoms with Gasteiger partial charge in [-0.1, -0.05) is 5.16 Å². The molecule has 1 aromatic heterocycles. The van der Waals surface area contributed by atoms with Gasteiger partial charge in [-0.3, -0.25) is 0 Å². The molecule has 0 saturated heterocycles. The minimum atomic E-state index is 0.856. The van der Waals surface area contributed by atoms with Crippen LogP contribution in [0.4, 0.5) is 0 Å². The van der Waals surface area contributed by atoms with E-state index in [4.69, 9.17) is 0 Å². The monoisotopic (exact) mass is 111 g/mol. The van der Waals surface area contributed by atoms with Crippen molar-refractivity contribution < 1.29 is 4.52 Å². The molecule has 0 spiro atoms. The van der Waals surface area contributed by atoms with Crippen LogP contribution in [0.2, 0.25) is 0 Å². The highest BCUT2D eigenvalue weighted by Crippen LogP contribution is 1.88. The minimum absolute atomic E-state index is 0.856. The van der Waals surface area contributed by atoms with Crippen LogP contribution >= 0.6 is 0 Å². The lowest BCUT2D eigenvalue weighted by molar-refractivity contribution is 0.397. The third-order valence-corrected chi connectivity index (χ3v) is 0.567. The average Bonchev–Trinajstić information content (AvgIpc) is 2.24. The van der Waals surface area contributed by atoms with Crippen LogP contribution in [0.3, 0.4) is 0 Å². The van der Waals surface area contributed by atoms with Crippen molar-refractivity contribution in [2.45, 2.75) is 6.92 Å². The summed E-state index contributed by atoms with van der Waals surface area (Å²) in [5.74, 6) is 0.856. The van der Waals surface area contributed by atoms with E-state index in [0.29, 0.717) is 0 Å². The van der Waals surface area contributed by atoms with Crippen LogP contribution in [0.25, 0.3) is 0 Å². The van der Waals surface area contributed by atoms with Crippen LogP contribution in [0, 0.1) is 6.92 Å². The van der Waals surface area contributed by atoms with Crippen LogP contribution in [-0.2, 0) is 0 Å². The minimum Gasteiger partial charge on any atom is -0.362 e. The molecule has 0 N–H and O–H groups in total. The fraction of sp³-hybridized carbons (Fsp3) is 0.167. The van der Waals surface area contributed by atoms with E-state index in [1.807, 2.05) is 6.92 Å². The second kappa shape index (κ2) is 4.12. The van der Waals surface area contributed by atoms with Gasteiger partial charge in [0.15, 0.2) is 0 Å². The van der Waals surface area contributed by atoms with Gasteiger partial charge in [0.05, 0.1) is 6.20 Å². The van der Waals surface area contributed by atoms with Gasteiger partial charge in [-0.05, 0) is 6.92 Å². The van der Waals surface area contributed by atoms with Crippen molar-refractivity contribution in [2.75, 3.05) is 0 Å². The van der Waals surface area contributed by atoms with Crippen molar-refractivity contribution in [1.82, 2.24) is 5.16 Å². The largest absolute Gasteiger partial charge is 0.362 e. The normalized spacial score (nSPS) is 7.12. The van der Waals surface area contributed by atoms with Gasteiger partial charge >= 0.3 is 0 Å². The van der Waals surface area contributed by atoms with E-state index in [1.165, 1.54) is 0 Å². The molecule has 0 aromatic carbocycles. The van der Waals surface area contributed by atoms with Gasteiger partial charge in [0.1, 0.15) is 5.76 Å². The third-order valence-electron chi connectivity index (χ3n) is 0.567. The zero-order chi connectivity index (χ0) is 6.41. The molecule has 0 aliphatic carbocycles. The van der Waals surface area contributed by atoms with Crippen molar-refractivity contribution >= 4 is 0 Å². The summed E-state index contributed by atoms with van der Waals surface area (Å²) in [7, 11) is 0. The first-order valence-electron chi connectivity index (χ1n) is 2.27. The Kier molecular flexibility index (Phi) is 3.58. The zero-order valence-corrected chi connectivity index (χ0v) is 4.92. The van der Waals surface area contributed by atoms with Gasteiger partial charge in [-0.15, -0.1) is 13.2 Å². The fourth-order valence-corrected chi connectivity index (χ4v) is 0.279. The summed E-state index contributed by atoms with van der Waals surface area (Å²) in [6.45, 7) is 7.85. The van der Waals surface area contributed by atoms with Gasteiger partial charge in [0, 0.05) is 6.07 Å². The fourth-order valence-electron chi connectivity index (χ4n) is 0.279. The number of aromatic nitrogens is 1. The van der Waals surface area contributed by atoms with Gasteiger partial charge in [-0.2, -0.15) is 0 Å². The molecule has 0 fully saturated rings. The Labute approximate surface area is 48.8 Å². The van der Waals surface area contributed by atoms with Crippen molar-refractivity contribution in [3.8, 4) is 0 Å². The second-order valence-electron chi connectivity index (χ2n) is 1.12. The molecule has 0 aliphatic rings. The summed E-state index contributed by atoms with van der Waals surface area (Å²) in [4.78, 5) is 0. The van der Waals surface area contributed by atoms with E-state index in [9.17, 15) is 0 Å². The molecule has 0 amide bonds. The standard InChI is InChI=1S/C4H5NO.C2H4/c1-4-2-3-5-6-4;1-2/h2-3H,1H3;1-2H2. The van der Waals surface area contributed by atoms with Crippen molar-refractivity contribution in [3.05, 3.63) is 31.2 Å². The van der Waals surface area contributed by atoms with Crippen LogP contribution < -0.4 is 0 Å². The first kappa shape index (κ1) is 6.95. The Morgan fingerprint density at radius 3 is 2.38 bits per heavy atom. The van der Waals surface area contributed by atoms with Crippen molar-refractivity contribution in [2.24, 2.45) is 0 Å². The summed E-state index contributed by atoms with van der Waals surface area (Å²) in [6.07, 6.45) is 1.62. The number of hydrogen-bond acceptors (Lipinski definition) is 2. The van der Waals surface area contributed by atoms with Crippen LogP contribution in [0.5, 0.6) is 0 Å². The molecule has 1 rings (SSSR count). The van der Waals surface area contributed by atoms with Gasteiger partial charge in [0.2, 0.25) is 0 Å². The first-order valence-corrected chi connectivity index (χ1v) is 2.27. The highest BCUT2D eigenvalue weighted by atomic mass is 16.5. The maximum Gasteiger partial charge on any atom is 0.133 e. The van der Waals surface area contributed by atoms with E-state index >= 15 is 0 Å². The van der Waals surface area contributed by atoms with Gasteiger partial charge in [-0.25, -0.2) is 0 Å². The molecule has 44 valence electrons. The molecule has 0 saturated carbocycles. The highest BCUT2D eigenvalue weighted by molar-refractivity contribution is 4.87. The quantitative estimate of drug-likeness (QED) is 0.477. The summed E-state index contributed by atoms with van der Waals surface area (Å²) >= 11 is 0. The predicted octanol–water partition coefficient (Wildman–Crippen LogP) is 1.79. The second-order valence-corrected chi connectivity index (χ2v) is 1.12. The lowest BCUT2D eigenvalue weighted by Crippen LogP contribution is -1.50. The van der Waals surface area contributed by atoms with Crippen molar-refractivity contribution in [3.63, 3.8) is 0 Å². The summed E-state index contributed by atoms with van der Waals surface area (Å²) < 4.78 is 4.58. The average molecular weight is 111 g/mol. The summed E-state index contributed by atoms with van der Waals surface area (Å²) in [5, 5.41) is 3.45. The predicted molar refractivity (Wildman–Crippen MR) is 32.5 cm³/mol. The van der Waals surface area contributed by atoms with E-state index in [0.717, 1.165) is 5.76 Å². The Hall–Kier alpha value is -1.05. The van der Waals surface area contributed by atoms with E-state index in [2.05, 4.69) is 22.8 Å². The SMILES string of the molecule is C=C.Cc1ccno1. The highest BCUT2D eigenvalue weighted by Gasteiger charge is 1.78. The molecule has 2 nitrogen and oxygen atoms in total. The van der Waals surface area contributed by atoms with Crippen LogP contribution in [-0.4, -0.2) is 5.16 Å². The number of nitrogens with zero attached hydrogens (tertiary/aromatic N) is 1. The zero-order valence-electron chi connectivity index (χ0n) is 4.92. The maximum absolute atomic E-state index is 4.58. The van der Waals surface area contributed by atoms with Crippen LogP contribution in [0.15, 0.2) is 29.9 Å². The number of aryl methyl sites for hydroxylation is 1. The molecule has 0 unspecified atom stereocenters. The molecule has 0 atom stereocenters. The van der Waals surface area contributed by atoms with Gasteiger partial charge in [0.25, 0.3) is 0 Å². The van der Waals surface area contributed by atoms with Gasteiger partial charge < -0.3 is 4.52 Å². The Morgan fingerprint density at radius 2 is 2.25 bits per heavy atom. The molecule has 2 heteroatoms. The van der Waals surface area contributed by atoms with Crippen molar-refractivity contribution in [1.29, 1.82) is 0 Å². The lowest BCUT2D eigenvalue weighted by atomic mass is 10.5. The molecular formula is C6H9NO. The number of rotatable bonds is 0. The lowest BCUT2D eigenvalue weighted by Gasteiger charge is -1.65. The van der Waals surface area contributed by atoms with E-state index in [-0.39, 0.29) is 0 Å². The number of hydrogen-bond donors (Lipinski definition) is 0. The smallest absolute Gasteiger partial charge is 0.133 e. The summed E-state index contributed by atoms with van der Waals surface area (Å²) in [6, 6.07) is 1.81. The third kappa shape index (κ3) is 2.18. The Bertz CT molecular complexity index is 123. The maximum atomic E-state index is 4.58. The van der Waals surface area contributed by atoms with E-state index < -0.39 is 0 Å². The molecule has 0 radical (unpaired) electrons. The summed E-state index contributed by atoms with van der Waals surface area (Å²) in [5.41, 5.74) is 0. The molecule has 1 aromatic rings.